The highest BCUT2D eigenvalue weighted by Gasteiger charge is 2.11. The molecule has 0 fully saturated rings. The number of hydrogen-bond donors (Lipinski definition) is 2. The van der Waals surface area contributed by atoms with Gasteiger partial charge in [-0.2, -0.15) is 0 Å². The van der Waals surface area contributed by atoms with Crippen LogP contribution in [0.4, 0.5) is 5.69 Å². The number of halogens is 1. The van der Waals surface area contributed by atoms with Crippen LogP contribution in [0.25, 0.3) is 0 Å². The lowest BCUT2D eigenvalue weighted by molar-refractivity contribution is 0.728. The number of nitrogens with zero attached hydrogens (tertiary/aromatic N) is 2. The van der Waals surface area contributed by atoms with Crippen LogP contribution in [-0.4, -0.2) is 24.4 Å². The second kappa shape index (κ2) is 5.11. The molecule has 1 atom stereocenters. The lowest BCUT2D eigenvalue weighted by Gasteiger charge is -2.23. The summed E-state index contributed by atoms with van der Waals surface area (Å²) in [7, 11) is 1.97. The summed E-state index contributed by atoms with van der Waals surface area (Å²) in [4.78, 5) is 6.05. The summed E-state index contributed by atoms with van der Waals surface area (Å²) in [6.07, 6.45) is 3.50. The Morgan fingerprint density at radius 2 is 2.40 bits per heavy atom. The van der Waals surface area contributed by atoms with Crippen LogP contribution in [0.2, 0.25) is 0 Å². The van der Waals surface area contributed by atoms with Crippen LogP contribution in [0.1, 0.15) is 6.92 Å². The predicted molar refractivity (Wildman–Crippen MR) is 66.3 cm³/mol. The Morgan fingerprint density at radius 1 is 1.73 bits per heavy atom. The van der Waals surface area contributed by atoms with E-state index in [1.54, 1.807) is 12.4 Å². The minimum absolute atomic E-state index is 0.0510. The fourth-order valence-corrected chi connectivity index (χ4v) is 1.84. The van der Waals surface area contributed by atoms with Crippen molar-refractivity contribution in [3.05, 3.63) is 22.9 Å². The molecule has 0 aliphatic heterocycles. The lowest BCUT2D eigenvalue weighted by atomic mass is 10.1. The molecule has 1 rings (SSSR count). The molecule has 0 aliphatic carbocycles. The van der Waals surface area contributed by atoms with Crippen LogP contribution in [0.5, 0.6) is 0 Å². The van der Waals surface area contributed by atoms with E-state index in [9.17, 15) is 0 Å². The third-order valence-electron chi connectivity index (χ3n) is 2.24. The second-order valence-corrected chi connectivity index (χ2v) is 4.42. The number of rotatable bonds is 4. The number of nitrogens with two attached hydrogens (primary N) is 1. The van der Waals surface area contributed by atoms with Crippen molar-refractivity contribution in [2.75, 3.05) is 18.5 Å². The third-order valence-corrected chi connectivity index (χ3v) is 2.85. The first kappa shape index (κ1) is 12.0. The molecule has 4 nitrogen and oxygen atoms in total. The van der Waals surface area contributed by atoms with E-state index in [1.807, 2.05) is 20.0 Å². The first-order valence-electron chi connectivity index (χ1n) is 4.67. The van der Waals surface area contributed by atoms with Gasteiger partial charge in [-0.25, -0.2) is 0 Å². The molecule has 3 N–H and O–H groups in total. The zero-order valence-corrected chi connectivity index (χ0v) is 10.5. The van der Waals surface area contributed by atoms with Gasteiger partial charge in [0, 0.05) is 31.9 Å². The van der Waals surface area contributed by atoms with Crippen molar-refractivity contribution in [1.29, 1.82) is 5.41 Å². The Hall–Kier alpha value is -1.10. The molecular formula is C10H15BrN4. The van der Waals surface area contributed by atoms with Gasteiger partial charge in [-0.3, -0.25) is 10.4 Å². The number of anilines is 1. The van der Waals surface area contributed by atoms with E-state index in [4.69, 9.17) is 11.1 Å². The number of amidine groups is 1. The summed E-state index contributed by atoms with van der Waals surface area (Å²) >= 11 is 3.43. The molecule has 15 heavy (non-hydrogen) atoms. The van der Waals surface area contributed by atoms with E-state index in [1.165, 1.54) is 0 Å². The van der Waals surface area contributed by atoms with Crippen LogP contribution in [0.3, 0.4) is 0 Å². The molecular weight excluding hydrogens is 256 g/mol. The van der Waals surface area contributed by atoms with Gasteiger partial charge in [-0.05, 0) is 22.0 Å². The van der Waals surface area contributed by atoms with Gasteiger partial charge in [0.25, 0.3) is 0 Å². The molecule has 5 heteroatoms. The van der Waals surface area contributed by atoms with Crippen molar-refractivity contribution in [3.8, 4) is 0 Å². The number of hydrogen-bond acceptors (Lipinski definition) is 3. The molecule has 0 saturated heterocycles. The van der Waals surface area contributed by atoms with Gasteiger partial charge >= 0.3 is 0 Å². The summed E-state index contributed by atoms with van der Waals surface area (Å²) < 4.78 is 0.947. The van der Waals surface area contributed by atoms with E-state index < -0.39 is 0 Å². The molecule has 1 aromatic rings. The molecule has 82 valence electrons. The maximum Gasteiger partial charge on any atom is 0.0952 e. The first-order chi connectivity index (χ1) is 7.02. The minimum Gasteiger partial charge on any atom is -0.387 e. The molecule has 1 unspecified atom stereocenters. The first-order valence-corrected chi connectivity index (χ1v) is 5.46. The van der Waals surface area contributed by atoms with Crippen molar-refractivity contribution in [1.82, 2.24) is 4.98 Å². The van der Waals surface area contributed by atoms with E-state index in [0.29, 0.717) is 0 Å². The minimum atomic E-state index is 0.0510. The van der Waals surface area contributed by atoms with Crippen molar-refractivity contribution < 1.29 is 0 Å². The number of aromatic nitrogens is 1. The summed E-state index contributed by atoms with van der Waals surface area (Å²) in [6, 6.07) is 1.93. The largest absolute Gasteiger partial charge is 0.387 e. The Kier molecular flexibility index (Phi) is 4.08. The maximum absolute atomic E-state index is 7.34. The monoisotopic (exact) mass is 270 g/mol. The highest BCUT2D eigenvalue weighted by Crippen LogP contribution is 2.23. The van der Waals surface area contributed by atoms with Crippen LogP contribution in [0, 0.1) is 11.3 Å². The van der Waals surface area contributed by atoms with E-state index >= 15 is 0 Å². The van der Waals surface area contributed by atoms with Crippen LogP contribution in [-0.2, 0) is 0 Å². The fraction of sp³-hybridized carbons (Fsp3) is 0.400. The zero-order valence-electron chi connectivity index (χ0n) is 8.87. The topological polar surface area (TPSA) is 66.0 Å². The van der Waals surface area contributed by atoms with E-state index in [-0.39, 0.29) is 11.8 Å². The van der Waals surface area contributed by atoms with E-state index in [2.05, 4.69) is 25.8 Å². The molecule has 0 saturated carbocycles. The SMILES string of the molecule is CC(CN(C)c1ccncc1Br)C(=N)N. The molecule has 0 amide bonds. The number of nitrogens with one attached hydrogen (secondary N) is 1. The van der Waals surface area contributed by atoms with Gasteiger partial charge in [0.15, 0.2) is 0 Å². The van der Waals surface area contributed by atoms with Crippen molar-refractivity contribution in [2.24, 2.45) is 11.7 Å². The summed E-state index contributed by atoms with van der Waals surface area (Å²) in [5.41, 5.74) is 6.49. The molecule has 0 aliphatic rings. The fourth-order valence-electron chi connectivity index (χ4n) is 1.28. The summed E-state index contributed by atoms with van der Waals surface area (Å²) in [5, 5.41) is 7.34. The zero-order chi connectivity index (χ0) is 11.4. The van der Waals surface area contributed by atoms with Crippen LogP contribution < -0.4 is 10.6 Å². The Balaban J connectivity index is 2.73. The second-order valence-electron chi connectivity index (χ2n) is 3.56. The maximum atomic E-state index is 7.34. The normalized spacial score (nSPS) is 12.2. The van der Waals surface area contributed by atoms with Gasteiger partial charge in [0.05, 0.1) is 16.0 Å². The number of pyridine rings is 1. The van der Waals surface area contributed by atoms with Gasteiger partial charge in [0.2, 0.25) is 0 Å². The smallest absolute Gasteiger partial charge is 0.0952 e. The molecule has 0 aromatic carbocycles. The average Bonchev–Trinajstić information content (AvgIpc) is 2.18. The standard InChI is InChI=1S/C10H15BrN4/c1-7(10(12)13)6-15(2)9-3-4-14-5-8(9)11/h3-5,7H,6H2,1-2H3,(H3,12,13). The Bertz CT molecular complexity index is 353. The van der Waals surface area contributed by atoms with Crippen LogP contribution in [0.15, 0.2) is 22.9 Å². The van der Waals surface area contributed by atoms with Gasteiger partial charge in [0.1, 0.15) is 0 Å². The van der Waals surface area contributed by atoms with Gasteiger partial charge < -0.3 is 10.6 Å². The van der Waals surface area contributed by atoms with Crippen molar-refractivity contribution in [3.63, 3.8) is 0 Å². The lowest BCUT2D eigenvalue weighted by Crippen LogP contribution is -2.32. The Labute approximate surface area is 98.1 Å². The average molecular weight is 271 g/mol. The molecule has 0 radical (unpaired) electrons. The summed E-state index contributed by atoms with van der Waals surface area (Å²) in [6.45, 7) is 2.66. The van der Waals surface area contributed by atoms with E-state index in [0.717, 1.165) is 16.7 Å². The van der Waals surface area contributed by atoms with Crippen molar-refractivity contribution >= 4 is 27.5 Å². The third kappa shape index (κ3) is 3.20. The van der Waals surface area contributed by atoms with Gasteiger partial charge in [-0.15, -0.1) is 0 Å². The quantitative estimate of drug-likeness (QED) is 0.648. The Morgan fingerprint density at radius 3 is 2.93 bits per heavy atom. The summed E-state index contributed by atoms with van der Waals surface area (Å²) in [5.74, 6) is 0.266. The molecule has 1 heterocycles. The van der Waals surface area contributed by atoms with Crippen molar-refractivity contribution in [2.45, 2.75) is 6.92 Å². The molecule has 1 aromatic heterocycles. The molecule has 0 bridgehead atoms. The van der Waals surface area contributed by atoms with Crippen LogP contribution >= 0.6 is 15.9 Å². The molecule has 0 spiro atoms. The highest BCUT2D eigenvalue weighted by molar-refractivity contribution is 9.10. The predicted octanol–water partition coefficient (Wildman–Crippen LogP) is 1.85. The highest BCUT2D eigenvalue weighted by atomic mass is 79.9. The van der Waals surface area contributed by atoms with Gasteiger partial charge in [-0.1, -0.05) is 6.92 Å².